The van der Waals surface area contributed by atoms with Crippen molar-refractivity contribution in [2.75, 3.05) is 27.4 Å². The first-order valence-electron chi connectivity index (χ1n) is 8.74. The average molecular weight is 436 g/mol. The van der Waals surface area contributed by atoms with Crippen molar-refractivity contribution >= 4 is 33.9 Å². The Bertz CT molecular complexity index is 824. The highest BCUT2D eigenvalue weighted by molar-refractivity contribution is 9.10. The minimum Gasteiger partial charge on any atom is -0.496 e. The molecule has 3 rings (SSSR count). The number of esters is 1. The summed E-state index contributed by atoms with van der Waals surface area (Å²) in [5, 5.41) is 0. The molecule has 0 aliphatic carbocycles. The molecular formula is C20H22BrNO5. The van der Waals surface area contributed by atoms with Gasteiger partial charge in [0.1, 0.15) is 5.75 Å². The molecule has 0 aromatic heterocycles. The van der Waals surface area contributed by atoms with Gasteiger partial charge < -0.3 is 19.1 Å². The van der Waals surface area contributed by atoms with E-state index in [1.807, 2.05) is 12.1 Å². The van der Waals surface area contributed by atoms with Gasteiger partial charge in [0.2, 0.25) is 0 Å². The van der Waals surface area contributed by atoms with Crippen molar-refractivity contribution in [1.29, 1.82) is 0 Å². The highest BCUT2D eigenvalue weighted by atomic mass is 79.9. The average Bonchev–Trinajstić information content (AvgIpc) is 3.24. The van der Waals surface area contributed by atoms with E-state index in [9.17, 15) is 9.59 Å². The molecule has 1 fully saturated rings. The fourth-order valence-corrected chi connectivity index (χ4v) is 3.79. The Morgan fingerprint density at radius 1 is 1.41 bits per heavy atom. The van der Waals surface area contributed by atoms with Gasteiger partial charge in [0, 0.05) is 22.3 Å². The maximum atomic E-state index is 13.1. The van der Waals surface area contributed by atoms with E-state index in [0.29, 0.717) is 35.7 Å². The normalized spacial score (nSPS) is 21.3. The zero-order valence-corrected chi connectivity index (χ0v) is 17.2. The van der Waals surface area contributed by atoms with Crippen LogP contribution in [0.25, 0.3) is 6.08 Å². The summed E-state index contributed by atoms with van der Waals surface area (Å²) in [6.07, 6.45) is 3.56. The van der Waals surface area contributed by atoms with Crippen LogP contribution < -0.4 is 4.74 Å². The number of carbonyl (C=O) groups excluding carboxylic acids is 2. The minimum atomic E-state index is -0.532. The number of ether oxygens (including phenoxy) is 3. The van der Waals surface area contributed by atoms with E-state index in [1.165, 1.54) is 7.11 Å². The third-order valence-electron chi connectivity index (χ3n) is 4.80. The lowest BCUT2D eigenvalue weighted by Gasteiger charge is -2.21. The maximum absolute atomic E-state index is 13.1. The van der Waals surface area contributed by atoms with Crippen LogP contribution in [0.15, 0.2) is 39.5 Å². The molecule has 1 amide bonds. The first kappa shape index (κ1) is 19.6. The molecule has 1 aromatic rings. The molecule has 27 heavy (non-hydrogen) atoms. The lowest BCUT2D eigenvalue weighted by Crippen LogP contribution is -2.33. The quantitative estimate of drug-likeness (QED) is 0.524. The summed E-state index contributed by atoms with van der Waals surface area (Å²) in [6, 6.07) is 5.49. The lowest BCUT2D eigenvalue weighted by atomic mass is 10.0. The summed E-state index contributed by atoms with van der Waals surface area (Å²) in [6.45, 7) is 2.90. The van der Waals surface area contributed by atoms with Gasteiger partial charge in [-0.1, -0.05) is 15.9 Å². The first-order valence-corrected chi connectivity index (χ1v) is 9.53. The van der Waals surface area contributed by atoms with E-state index in [-0.39, 0.29) is 17.6 Å². The van der Waals surface area contributed by atoms with Crippen LogP contribution >= 0.6 is 15.9 Å². The van der Waals surface area contributed by atoms with E-state index in [4.69, 9.17) is 14.2 Å². The SMILES string of the molecule is COC(=O)C1=C(C)N(C[C@H]2CCCO2)C(=O)/C1=C\c1cc(Br)ccc1OC. The number of hydrogen-bond donors (Lipinski definition) is 0. The van der Waals surface area contributed by atoms with Crippen molar-refractivity contribution in [2.45, 2.75) is 25.9 Å². The van der Waals surface area contributed by atoms with Crippen LogP contribution in [-0.2, 0) is 19.1 Å². The van der Waals surface area contributed by atoms with Crippen molar-refractivity contribution in [2.24, 2.45) is 0 Å². The molecule has 2 aliphatic rings. The number of carbonyl (C=O) groups is 2. The fourth-order valence-electron chi connectivity index (χ4n) is 3.41. The number of halogens is 1. The topological polar surface area (TPSA) is 65.1 Å². The van der Waals surface area contributed by atoms with E-state index in [0.717, 1.165) is 17.3 Å². The summed E-state index contributed by atoms with van der Waals surface area (Å²) in [5.41, 5.74) is 1.86. The summed E-state index contributed by atoms with van der Waals surface area (Å²) in [5.74, 6) is -0.153. The van der Waals surface area contributed by atoms with Crippen LogP contribution in [0, 0.1) is 0 Å². The van der Waals surface area contributed by atoms with Crippen molar-refractivity contribution in [3.05, 3.63) is 45.1 Å². The van der Waals surface area contributed by atoms with Gasteiger partial charge in [-0.2, -0.15) is 0 Å². The first-order chi connectivity index (χ1) is 13.0. The molecule has 1 atom stereocenters. The van der Waals surface area contributed by atoms with Gasteiger partial charge in [0.05, 0.1) is 38.0 Å². The molecule has 0 unspecified atom stereocenters. The Kier molecular flexibility index (Phi) is 6.01. The number of methoxy groups -OCH3 is 2. The van der Waals surface area contributed by atoms with Gasteiger partial charge in [0.15, 0.2) is 0 Å². The van der Waals surface area contributed by atoms with E-state index in [2.05, 4.69) is 15.9 Å². The van der Waals surface area contributed by atoms with E-state index >= 15 is 0 Å². The third-order valence-corrected chi connectivity index (χ3v) is 5.30. The van der Waals surface area contributed by atoms with Crippen LogP contribution in [0.5, 0.6) is 5.75 Å². The molecular weight excluding hydrogens is 414 g/mol. The number of nitrogens with zero attached hydrogens (tertiary/aromatic N) is 1. The van der Waals surface area contributed by atoms with Crippen LogP contribution in [-0.4, -0.2) is 50.3 Å². The monoisotopic (exact) mass is 435 g/mol. The van der Waals surface area contributed by atoms with Crippen molar-refractivity contribution in [3.63, 3.8) is 0 Å². The molecule has 2 heterocycles. The molecule has 0 spiro atoms. The van der Waals surface area contributed by atoms with Crippen molar-refractivity contribution in [1.82, 2.24) is 4.90 Å². The molecule has 0 saturated carbocycles. The van der Waals surface area contributed by atoms with Gasteiger partial charge in [-0.25, -0.2) is 4.79 Å². The van der Waals surface area contributed by atoms with Gasteiger partial charge >= 0.3 is 5.97 Å². The third kappa shape index (κ3) is 3.94. The van der Waals surface area contributed by atoms with Gasteiger partial charge in [-0.05, 0) is 44.0 Å². The fraction of sp³-hybridized carbons (Fsp3) is 0.400. The Labute approximate surface area is 166 Å². The Morgan fingerprint density at radius 3 is 2.81 bits per heavy atom. The standard InChI is InChI=1S/C20H22BrNO5/c1-12-18(20(24)26-3)16(10-13-9-14(21)6-7-17(13)25-2)19(23)22(12)11-15-5-4-8-27-15/h6-7,9-10,15H,4-5,8,11H2,1-3H3/b16-10-/t15-/m1/s1. The summed E-state index contributed by atoms with van der Waals surface area (Å²) in [4.78, 5) is 27.1. The van der Waals surface area contributed by atoms with Gasteiger partial charge in [0.25, 0.3) is 5.91 Å². The molecule has 2 aliphatic heterocycles. The smallest absolute Gasteiger partial charge is 0.340 e. The molecule has 1 saturated heterocycles. The second-order valence-electron chi connectivity index (χ2n) is 6.45. The Balaban J connectivity index is 2.03. The molecule has 7 heteroatoms. The Hall–Kier alpha value is -2.12. The number of amides is 1. The van der Waals surface area contributed by atoms with E-state index in [1.54, 1.807) is 31.1 Å². The predicted molar refractivity (Wildman–Crippen MR) is 104 cm³/mol. The molecule has 0 bridgehead atoms. The highest BCUT2D eigenvalue weighted by Crippen LogP contribution is 2.34. The maximum Gasteiger partial charge on any atom is 0.340 e. The lowest BCUT2D eigenvalue weighted by molar-refractivity contribution is -0.136. The molecule has 144 valence electrons. The number of benzene rings is 1. The highest BCUT2D eigenvalue weighted by Gasteiger charge is 2.38. The van der Waals surface area contributed by atoms with Crippen molar-refractivity contribution in [3.8, 4) is 5.75 Å². The van der Waals surface area contributed by atoms with Crippen LogP contribution in [0.4, 0.5) is 0 Å². The number of rotatable bonds is 5. The summed E-state index contributed by atoms with van der Waals surface area (Å²) >= 11 is 3.43. The molecule has 1 aromatic carbocycles. The van der Waals surface area contributed by atoms with Gasteiger partial charge in [-0.3, -0.25) is 4.79 Å². The van der Waals surface area contributed by atoms with Gasteiger partial charge in [-0.15, -0.1) is 0 Å². The number of hydrogen-bond acceptors (Lipinski definition) is 5. The van der Waals surface area contributed by atoms with E-state index < -0.39 is 5.97 Å². The Morgan fingerprint density at radius 2 is 2.19 bits per heavy atom. The zero-order chi connectivity index (χ0) is 19.6. The van der Waals surface area contributed by atoms with Crippen molar-refractivity contribution < 1.29 is 23.8 Å². The summed E-state index contributed by atoms with van der Waals surface area (Å²) < 4.78 is 16.8. The molecule has 0 N–H and O–H groups in total. The van der Waals surface area contributed by atoms with Crippen LogP contribution in [0.1, 0.15) is 25.3 Å². The predicted octanol–water partition coefficient (Wildman–Crippen LogP) is 3.31. The van der Waals surface area contributed by atoms with Crippen LogP contribution in [0.2, 0.25) is 0 Å². The largest absolute Gasteiger partial charge is 0.496 e. The second-order valence-corrected chi connectivity index (χ2v) is 7.36. The zero-order valence-electron chi connectivity index (χ0n) is 15.6. The molecule has 6 nitrogen and oxygen atoms in total. The molecule has 0 radical (unpaired) electrons. The summed E-state index contributed by atoms with van der Waals surface area (Å²) in [7, 11) is 2.88. The minimum absolute atomic E-state index is 0.0115. The number of allylic oxidation sites excluding steroid dienone is 1. The van der Waals surface area contributed by atoms with Crippen LogP contribution in [0.3, 0.4) is 0 Å². The second kappa shape index (κ2) is 8.27.